The Morgan fingerprint density at radius 3 is 2.76 bits per heavy atom. The first-order chi connectivity index (χ1) is 12.0. The van der Waals surface area contributed by atoms with Gasteiger partial charge in [-0.25, -0.2) is 0 Å². The van der Waals surface area contributed by atoms with Crippen LogP contribution < -0.4 is 20.9 Å². The van der Waals surface area contributed by atoms with Crippen molar-refractivity contribution in [3.8, 4) is 11.5 Å². The predicted molar refractivity (Wildman–Crippen MR) is 97.3 cm³/mol. The Morgan fingerprint density at radius 1 is 1.32 bits per heavy atom. The van der Waals surface area contributed by atoms with Gasteiger partial charge in [0.05, 0.1) is 18.9 Å². The van der Waals surface area contributed by atoms with Crippen molar-refractivity contribution in [1.82, 2.24) is 4.98 Å². The van der Waals surface area contributed by atoms with Crippen LogP contribution in [0.15, 0.2) is 36.5 Å². The van der Waals surface area contributed by atoms with Gasteiger partial charge in [-0.05, 0) is 25.1 Å². The summed E-state index contributed by atoms with van der Waals surface area (Å²) in [5.74, 6) is 0.817. The summed E-state index contributed by atoms with van der Waals surface area (Å²) >= 11 is 0. The van der Waals surface area contributed by atoms with E-state index in [1.807, 2.05) is 25.1 Å². The van der Waals surface area contributed by atoms with Gasteiger partial charge < -0.3 is 25.7 Å². The third-order valence-electron chi connectivity index (χ3n) is 3.49. The Balaban J connectivity index is 2.14. The van der Waals surface area contributed by atoms with Gasteiger partial charge in [-0.2, -0.15) is 0 Å². The number of benzene rings is 1. The first kappa shape index (κ1) is 18.5. The molecule has 0 radical (unpaired) electrons. The number of hydrogen-bond acceptors (Lipinski definition) is 6. The SMILES string of the molecule is COC[C@H](C)Oc1cc(OCCc2ccccn2)c(N)c(C(=N)N)c1. The molecule has 25 heavy (non-hydrogen) atoms. The number of anilines is 1. The number of ether oxygens (including phenoxy) is 3. The summed E-state index contributed by atoms with van der Waals surface area (Å²) in [6, 6.07) is 9.06. The van der Waals surface area contributed by atoms with Crippen LogP contribution in [0.4, 0.5) is 5.69 Å². The number of pyridine rings is 1. The van der Waals surface area contributed by atoms with Crippen LogP contribution in [0, 0.1) is 5.41 Å². The molecule has 0 saturated carbocycles. The maximum Gasteiger partial charge on any atom is 0.146 e. The highest BCUT2D eigenvalue weighted by Gasteiger charge is 2.14. The molecule has 1 heterocycles. The maximum absolute atomic E-state index is 7.70. The molecule has 0 saturated heterocycles. The maximum atomic E-state index is 7.70. The van der Waals surface area contributed by atoms with Gasteiger partial charge in [-0.1, -0.05) is 6.07 Å². The number of amidine groups is 1. The lowest BCUT2D eigenvalue weighted by Gasteiger charge is -2.18. The van der Waals surface area contributed by atoms with E-state index < -0.39 is 0 Å². The largest absolute Gasteiger partial charge is 0.491 e. The molecule has 0 aliphatic rings. The van der Waals surface area contributed by atoms with Crippen LogP contribution in [0.25, 0.3) is 0 Å². The molecule has 7 nitrogen and oxygen atoms in total. The lowest BCUT2D eigenvalue weighted by molar-refractivity contribution is 0.0919. The molecule has 1 atom stereocenters. The molecule has 0 bridgehead atoms. The summed E-state index contributed by atoms with van der Waals surface area (Å²) in [6.45, 7) is 2.72. The number of methoxy groups -OCH3 is 1. The van der Waals surface area contributed by atoms with Crippen molar-refractivity contribution in [2.75, 3.05) is 26.1 Å². The highest BCUT2D eigenvalue weighted by atomic mass is 16.5. The summed E-state index contributed by atoms with van der Waals surface area (Å²) < 4.78 is 16.6. The fourth-order valence-corrected chi connectivity index (χ4v) is 2.32. The van der Waals surface area contributed by atoms with Gasteiger partial charge in [-0.3, -0.25) is 10.4 Å². The van der Waals surface area contributed by atoms with Crippen molar-refractivity contribution in [3.05, 3.63) is 47.8 Å². The number of aromatic nitrogens is 1. The molecular formula is C18H24N4O3. The molecule has 0 spiro atoms. The molecule has 0 unspecified atom stereocenters. The molecule has 0 fully saturated rings. The first-order valence-electron chi connectivity index (χ1n) is 7.97. The molecule has 1 aromatic carbocycles. The van der Waals surface area contributed by atoms with E-state index in [0.717, 1.165) is 5.69 Å². The zero-order chi connectivity index (χ0) is 18.2. The number of rotatable bonds is 9. The standard InChI is InChI=1S/C18H24N4O3/c1-12(11-23-2)25-14-9-15(18(20)21)17(19)16(10-14)24-8-6-13-5-3-4-7-22-13/h3-5,7,9-10,12H,6,8,11,19H2,1-2H3,(H3,20,21)/t12-/m0/s1. The molecule has 0 aliphatic carbocycles. The van der Waals surface area contributed by atoms with E-state index in [0.29, 0.717) is 42.4 Å². The van der Waals surface area contributed by atoms with Gasteiger partial charge in [-0.15, -0.1) is 0 Å². The zero-order valence-electron chi connectivity index (χ0n) is 14.5. The van der Waals surface area contributed by atoms with Gasteiger partial charge in [0.1, 0.15) is 23.4 Å². The van der Waals surface area contributed by atoms with E-state index in [4.69, 9.17) is 31.1 Å². The molecule has 2 rings (SSSR count). The molecule has 5 N–H and O–H groups in total. The molecule has 134 valence electrons. The van der Waals surface area contributed by atoms with Crippen LogP contribution >= 0.6 is 0 Å². The van der Waals surface area contributed by atoms with Gasteiger partial charge in [0.2, 0.25) is 0 Å². The number of nitrogens with zero attached hydrogens (tertiary/aromatic N) is 1. The predicted octanol–water partition coefficient (Wildman–Crippen LogP) is 1.98. The molecule has 0 amide bonds. The van der Waals surface area contributed by atoms with Gasteiger partial charge in [0.25, 0.3) is 0 Å². The second-order valence-electron chi connectivity index (χ2n) is 5.60. The van der Waals surface area contributed by atoms with Gasteiger partial charge in [0.15, 0.2) is 0 Å². The Kier molecular flexibility index (Phi) is 6.59. The third-order valence-corrected chi connectivity index (χ3v) is 3.49. The summed E-state index contributed by atoms with van der Waals surface area (Å²) in [4.78, 5) is 4.25. The lowest BCUT2D eigenvalue weighted by atomic mass is 10.1. The molecule has 0 aliphatic heterocycles. The van der Waals surface area contributed by atoms with Crippen LogP contribution in [0.2, 0.25) is 0 Å². The average molecular weight is 344 g/mol. The summed E-state index contributed by atoms with van der Waals surface area (Å²) in [7, 11) is 1.61. The Labute approximate surface area is 147 Å². The number of nitrogens with one attached hydrogen (secondary N) is 1. The van der Waals surface area contributed by atoms with Crippen LogP contribution in [0.3, 0.4) is 0 Å². The zero-order valence-corrected chi connectivity index (χ0v) is 14.5. The molecule has 1 aromatic heterocycles. The lowest BCUT2D eigenvalue weighted by Crippen LogP contribution is -2.19. The highest BCUT2D eigenvalue weighted by Crippen LogP contribution is 2.32. The minimum Gasteiger partial charge on any atom is -0.491 e. The molecular weight excluding hydrogens is 320 g/mol. The quantitative estimate of drug-likeness (QED) is 0.364. The van der Waals surface area contributed by atoms with E-state index in [-0.39, 0.29) is 11.9 Å². The second-order valence-corrected chi connectivity index (χ2v) is 5.60. The summed E-state index contributed by atoms with van der Waals surface area (Å²) in [5.41, 5.74) is 13.3. The topological polar surface area (TPSA) is 116 Å². The summed E-state index contributed by atoms with van der Waals surface area (Å²) in [6.07, 6.45) is 2.22. The van der Waals surface area contributed by atoms with Crippen LogP contribution in [0.1, 0.15) is 18.2 Å². The van der Waals surface area contributed by atoms with Crippen LogP contribution in [0.5, 0.6) is 11.5 Å². The smallest absolute Gasteiger partial charge is 0.146 e. The monoisotopic (exact) mass is 344 g/mol. The van der Waals surface area contributed by atoms with E-state index in [2.05, 4.69) is 4.98 Å². The Morgan fingerprint density at radius 2 is 2.12 bits per heavy atom. The number of nitrogens with two attached hydrogens (primary N) is 2. The first-order valence-corrected chi connectivity index (χ1v) is 7.97. The molecule has 2 aromatic rings. The van der Waals surface area contributed by atoms with E-state index in [1.54, 1.807) is 25.4 Å². The fraction of sp³-hybridized carbons (Fsp3) is 0.333. The van der Waals surface area contributed by atoms with Crippen molar-refractivity contribution in [2.45, 2.75) is 19.4 Å². The summed E-state index contributed by atoms with van der Waals surface area (Å²) in [5, 5.41) is 7.70. The van der Waals surface area contributed by atoms with Crippen molar-refractivity contribution in [3.63, 3.8) is 0 Å². The normalized spacial score (nSPS) is 11.8. The highest BCUT2D eigenvalue weighted by molar-refractivity contribution is 6.01. The van der Waals surface area contributed by atoms with Crippen LogP contribution in [-0.2, 0) is 11.2 Å². The minimum atomic E-state index is -0.158. The molecule has 7 heteroatoms. The van der Waals surface area contributed by atoms with E-state index in [9.17, 15) is 0 Å². The van der Waals surface area contributed by atoms with Gasteiger partial charge >= 0.3 is 0 Å². The van der Waals surface area contributed by atoms with Gasteiger partial charge in [0, 0.05) is 37.1 Å². The Hall–Kier alpha value is -2.80. The average Bonchev–Trinajstić information content (AvgIpc) is 2.58. The van der Waals surface area contributed by atoms with E-state index in [1.165, 1.54) is 0 Å². The number of nitrogen functional groups attached to an aromatic ring is 2. The second kappa shape index (κ2) is 8.89. The van der Waals surface area contributed by atoms with Crippen molar-refractivity contribution in [2.24, 2.45) is 5.73 Å². The van der Waals surface area contributed by atoms with E-state index >= 15 is 0 Å². The third kappa shape index (κ3) is 5.36. The number of hydrogen-bond donors (Lipinski definition) is 3. The minimum absolute atomic E-state index is 0.142. The van der Waals surface area contributed by atoms with Crippen molar-refractivity contribution < 1.29 is 14.2 Å². The fourth-order valence-electron chi connectivity index (χ4n) is 2.32. The Bertz CT molecular complexity index is 707. The van der Waals surface area contributed by atoms with Crippen molar-refractivity contribution >= 4 is 11.5 Å². The van der Waals surface area contributed by atoms with Crippen molar-refractivity contribution in [1.29, 1.82) is 5.41 Å². The van der Waals surface area contributed by atoms with Crippen LogP contribution in [-0.4, -0.2) is 37.2 Å².